The van der Waals surface area contributed by atoms with Gasteiger partial charge in [-0.25, -0.2) is 9.97 Å². The molecule has 0 saturated carbocycles. The third-order valence-corrected chi connectivity index (χ3v) is 9.16. The van der Waals surface area contributed by atoms with E-state index in [1.165, 1.54) is 22.0 Å². The lowest BCUT2D eigenvalue weighted by molar-refractivity contribution is -0.132. The van der Waals surface area contributed by atoms with Gasteiger partial charge < -0.3 is 29.8 Å². The second-order valence-electron chi connectivity index (χ2n) is 12.3. The van der Waals surface area contributed by atoms with Crippen LogP contribution in [0.4, 0.5) is 0 Å². The molecule has 0 spiro atoms. The van der Waals surface area contributed by atoms with Crippen molar-refractivity contribution >= 4 is 35.0 Å². The number of thiazole rings is 1. The van der Waals surface area contributed by atoms with E-state index in [2.05, 4.69) is 25.9 Å². The van der Waals surface area contributed by atoms with Crippen LogP contribution in [0.5, 0.6) is 0 Å². The number of carbonyl (C=O) groups excluding carboxylic acids is 4. The van der Waals surface area contributed by atoms with Crippen LogP contribution in [0, 0.1) is 12.8 Å². The highest BCUT2D eigenvalue weighted by atomic mass is 32.1. The zero-order valence-corrected chi connectivity index (χ0v) is 28.6. The average molecular weight is 688 g/mol. The van der Waals surface area contributed by atoms with Gasteiger partial charge in [0, 0.05) is 63.1 Å². The number of pyridine rings is 1. The Morgan fingerprint density at radius 3 is 2.53 bits per heavy atom. The summed E-state index contributed by atoms with van der Waals surface area (Å²) >= 11 is 1.27. The number of amides is 4. The van der Waals surface area contributed by atoms with Crippen molar-refractivity contribution in [3.8, 4) is 0 Å². The van der Waals surface area contributed by atoms with Gasteiger partial charge in [0.1, 0.15) is 22.5 Å². The molecule has 4 aromatic rings. The largest absolute Gasteiger partial charge is 0.443 e. The molecule has 13 nitrogen and oxygen atoms in total. The van der Waals surface area contributed by atoms with Crippen LogP contribution in [0.25, 0.3) is 0 Å². The fraction of sp³-hybridized carbons (Fsp3) is 0.400. The molecule has 4 amide bonds. The molecule has 0 radical (unpaired) electrons. The fourth-order valence-corrected chi connectivity index (χ4v) is 6.58. The van der Waals surface area contributed by atoms with Crippen molar-refractivity contribution in [1.82, 2.24) is 35.4 Å². The topological polar surface area (TPSA) is 169 Å². The molecule has 0 saturated heterocycles. The zero-order chi connectivity index (χ0) is 34.9. The molecular formula is C35H41N7O6S. The predicted octanol–water partition coefficient (Wildman–Crippen LogP) is 3.57. The molecule has 5 rings (SSSR count). The number of nitrogens with one attached hydrogen (secondary N) is 3. The van der Waals surface area contributed by atoms with Crippen LogP contribution in [0.15, 0.2) is 69.3 Å². The minimum atomic E-state index is -0.653. The third kappa shape index (κ3) is 9.28. The average Bonchev–Trinajstić information content (AvgIpc) is 3.73. The quantitative estimate of drug-likeness (QED) is 0.277. The molecule has 3 aromatic heterocycles. The highest BCUT2D eigenvalue weighted by Crippen LogP contribution is 2.27. The smallest absolute Gasteiger partial charge is 0.274 e. The fourth-order valence-electron chi connectivity index (χ4n) is 5.56. The van der Waals surface area contributed by atoms with Crippen molar-refractivity contribution in [3.05, 3.63) is 104 Å². The molecule has 4 heterocycles. The minimum absolute atomic E-state index is 0.0630. The predicted molar refractivity (Wildman–Crippen MR) is 183 cm³/mol. The number of aromatic nitrogens is 3. The minimum Gasteiger partial charge on any atom is -0.443 e. The van der Waals surface area contributed by atoms with Gasteiger partial charge in [0.15, 0.2) is 5.69 Å². The zero-order valence-electron chi connectivity index (χ0n) is 27.8. The molecular weight excluding hydrogens is 646 g/mol. The van der Waals surface area contributed by atoms with E-state index in [0.717, 1.165) is 5.56 Å². The maximum absolute atomic E-state index is 13.5. The summed E-state index contributed by atoms with van der Waals surface area (Å²) in [5.41, 5.74) is 1.05. The Kier molecular flexibility index (Phi) is 11.7. The van der Waals surface area contributed by atoms with Crippen molar-refractivity contribution in [1.29, 1.82) is 0 Å². The third-order valence-electron chi connectivity index (χ3n) is 8.24. The monoisotopic (exact) mass is 687 g/mol. The van der Waals surface area contributed by atoms with Crippen LogP contribution in [0.3, 0.4) is 0 Å². The summed E-state index contributed by atoms with van der Waals surface area (Å²) in [7, 11) is 0. The van der Waals surface area contributed by atoms with Crippen molar-refractivity contribution in [2.75, 3.05) is 19.6 Å². The first-order chi connectivity index (χ1) is 23.6. The van der Waals surface area contributed by atoms with Crippen molar-refractivity contribution in [3.63, 3.8) is 0 Å². The lowest BCUT2D eigenvalue weighted by Gasteiger charge is -2.23. The van der Waals surface area contributed by atoms with E-state index in [0.29, 0.717) is 23.6 Å². The van der Waals surface area contributed by atoms with E-state index in [1.54, 1.807) is 35.5 Å². The highest BCUT2D eigenvalue weighted by Gasteiger charge is 2.29. The SMILES string of the molecule is Cc1oc2nc1C(=O)N[C@@H](C(C)C)c1nc(cs1)C(=O)NCCN(C(=O)CCn1ccccc1=O)CCCC(=O)N[C@H]2Cc1ccccc1. The Balaban J connectivity index is 1.41. The van der Waals surface area contributed by atoms with Gasteiger partial charge in [0.25, 0.3) is 17.4 Å². The molecule has 1 aliphatic rings. The van der Waals surface area contributed by atoms with Crippen molar-refractivity contribution in [2.24, 2.45) is 5.92 Å². The van der Waals surface area contributed by atoms with Gasteiger partial charge in [0.05, 0.1) is 6.04 Å². The molecule has 0 fully saturated rings. The Labute approximate surface area is 288 Å². The number of carbonyl (C=O) groups is 4. The Bertz CT molecular complexity index is 1830. The van der Waals surface area contributed by atoms with E-state index in [9.17, 15) is 24.0 Å². The Hall–Kier alpha value is -5.11. The van der Waals surface area contributed by atoms with Gasteiger partial charge in [-0.1, -0.05) is 50.2 Å². The Morgan fingerprint density at radius 1 is 1.00 bits per heavy atom. The first-order valence-electron chi connectivity index (χ1n) is 16.4. The molecule has 2 atom stereocenters. The van der Waals surface area contributed by atoms with Crippen LogP contribution in [-0.2, 0) is 22.6 Å². The number of rotatable bonds is 6. The van der Waals surface area contributed by atoms with Gasteiger partial charge in [-0.3, -0.25) is 24.0 Å². The second-order valence-corrected chi connectivity index (χ2v) is 13.1. The number of hydrogen-bond donors (Lipinski definition) is 3. The summed E-state index contributed by atoms with van der Waals surface area (Å²) in [5, 5.41) is 11.1. The number of nitrogens with zero attached hydrogens (tertiary/aromatic N) is 4. The van der Waals surface area contributed by atoms with E-state index in [-0.39, 0.29) is 79.6 Å². The van der Waals surface area contributed by atoms with Crippen LogP contribution in [0.2, 0.25) is 0 Å². The standard InChI is InChI=1S/C35H41N7O6S/c1-22(2)30-35-38-26(21-49-35)32(46)36-15-19-42(29(45)14-18-41-16-8-7-13-28(41)44)17-9-12-27(43)37-25(20-24-10-5-4-6-11-24)34-40-31(23(3)48-34)33(47)39-30/h4-8,10-11,13,16,21-22,25,30H,9,12,14-15,17-20H2,1-3H3,(H,36,46)(H,37,43)(H,39,47)/t25-,30-/m0/s1. The lowest BCUT2D eigenvalue weighted by atomic mass is 10.0. The summed E-state index contributed by atoms with van der Waals surface area (Å²) in [6.45, 7) is 6.35. The molecule has 1 aliphatic heterocycles. The Morgan fingerprint density at radius 2 is 1.78 bits per heavy atom. The summed E-state index contributed by atoms with van der Waals surface area (Å²) in [6.07, 6.45) is 2.54. The molecule has 3 N–H and O–H groups in total. The van der Waals surface area contributed by atoms with Gasteiger partial charge in [-0.15, -0.1) is 11.3 Å². The van der Waals surface area contributed by atoms with E-state index in [1.807, 2.05) is 44.2 Å². The maximum Gasteiger partial charge on any atom is 0.274 e. The normalized spacial score (nSPS) is 18.0. The van der Waals surface area contributed by atoms with Gasteiger partial charge in [-0.2, -0.15) is 0 Å². The number of hydrogen-bond acceptors (Lipinski definition) is 9. The van der Waals surface area contributed by atoms with Crippen molar-refractivity contribution in [2.45, 2.75) is 65.1 Å². The van der Waals surface area contributed by atoms with Crippen LogP contribution in [0.1, 0.15) is 88.4 Å². The first-order valence-corrected chi connectivity index (χ1v) is 17.3. The van der Waals surface area contributed by atoms with Crippen LogP contribution >= 0.6 is 11.3 Å². The molecule has 1 aromatic carbocycles. The second kappa shape index (κ2) is 16.3. The number of fused-ring (bicyclic) bond motifs is 4. The maximum atomic E-state index is 13.5. The van der Waals surface area contributed by atoms with Crippen LogP contribution in [-0.4, -0.2) is 62.7 Å². The van der Waals surface area contributed by atoms with Gasteiger partial charge >= 0.3 is 0 Å². The number of benzene rings is 1. The van der Waals surface area contributed by atoms with E-state index in [4.69, 9.17) is 4.42 Å². The summed E-state index contributed by atoms with van der Waals surface area (Å²) in [4.78, 5) is 76.1. The number of oxazole rings is 1. The van der Waals surface area contributed by atoms with E-state index < -0.39 is 23.9 Å². The first kappa shape index (κ1) is 35.2. The molecule has 258 valence electrons. The lowest BCUT2D eigenvalue weighted by Crippen LogP contribution is -2.40. The molecule has 0 unspecified atom stereocenters. The molecule has 14 heteroatoms. The summed E-state index contributed by atoms with van der Waals surface area (Å²) < 4.78 is 7.46. The summed E-state index contributed by atoms with van der Waals surface area (Å²) in [6, 6.07) is 13.2. The van der Waals surface area contributed by atoms with E-state index >= 15 is 0 Å². The molecule has 0 aliphatic carbocycles. The highest BCUT2D eigenvalue weighted by molar-refractivity contribution is 7.09. The van der Waals surface area contributed by atoms with Gasteiger partial charge in [-0.05, 0) is 30.9 Å². The molecule has 4 bridgehead atoms. The number of aryl methyl sites for hydroxylation is 2. The molecule has 49 heavy (non-hydrogen) atoms. The van der Waals surface area contributed by atoms with Crippen LogP contribution < -0.4 is 21.5 Å². The van der Waals surface area contributed by atoms with Gasteiger partial charge in [0.2, 0.25) is 17.7 Å². The van der Waals surface area contributed by atoms with Crippen molar-refractivity contribution < 1.29 is 23.6 Å². The summed E-state index contributed by atoms with van der Waals surface area (Å²) in [5.74, 6) is -0.887.